The van der Waals surface area contributed by atoms with Crippen LogP contribution in [0.2, 0.25) is 0 Å². The van der Waals surface area contributed by atoms with Crippen LogP contribution in [0.3, 0.4) is 0 Å². The van der Waals surface area contributed by atoms with Crippen LogP contribution in [0, 0.1) is 6.92 Å². The molecule has 5 aromatic heterocycles. The molecule has 0 aliphatic rings. The van der Waals surface area contributed by atoms with E-state index in [9.17, 15) is 0 Å². The van der Waals surface area contributed by atoms with Crippen molar-refractivity contribution in [3.63, 3.8) is 0 Å². The largest absolute Gasteiger partial charge is 0.455 e. The maximum atomic E-state index is 6.50. The standard InChI is InChI=1S/C29H16N2O2S/c1-15-9-10-18-16-6-4-7-19(27(16)33-29(18)31-15)22-13-23-21(14-30-22)17-11-12-25-26(28(17)32-23)20-5-2-3-8-24(20)34-25/h2-14H,1H3. The van der Waals surface area contributed by atoms with Gasteiger partial charge in [0.15, 0.2) is 0 Å². The van der Waals surface area contributed by atoms with E-state index in [2.05, 4.69) is 53.5 Å². The van der Waals surface area contributed by atoms with E-state index in [1.54, 1.807) is 11.3 Å². The Hall–Kier alpha value is -4.22. The minimum atomic E-state index is 0.652. The number of aromatic nitrogens is 2. The zero-order chi connectivity index (χ0) is 22.4. The Morgan fingerprint density at radius 2 is 1.56 bits per heavy atom. The van der Waals surface area contributed by atoms with Crippen molar-refractivity contribution < 1.29 is 8.83 Å². The third kappa shape index (κ3) is 2.37. The van der Waals surface area contributed by atoms with E-state index in [4.69, 9.17) is 13.8 Å². The zero-order valence-electron chi connectivity index (χ0n) is 18.1. The smallest absolute Gasteiger partial charge is 0.227 e. The number of para-hydroxylation sites is 1. The number of rotatable bonds is 1. The maximum Gasteiger partial charge on any atom is 0.227 e. The molecule has 0 saturated carbocycles. The SMILES string of the molecule is Cc1ccc2c(n1)oc1c(-c3cc4oc5c(ccc6sc7ccccc7c65)c4cn3)cccc12. The Bertz CT molecular complexity index is 2090. The Morgan fingerprint density at radius 3 is 2.53 bits per heavy atom. The van der Waals surface area contributed by atoms with Crippen LogP contribution in [0.1, 0.15) is 5.69 Å². The van der Waals surface area contributed by atoms with Gasteiger partial charge in [-0.3, -0.25) is 4.98 Å². The van der Waals surface area contributed by atoms with Crippen molar-refractivity contribution >= 4 is 75.5 Å². The lowest BCUT2D eigenvalue weighted by Crippen LogP contribution is -1.83. The van der Waals surface area contributed by atoms with Gasteiger partial charge >= 0.3 is 0 Å². The van der Waals surface area contributed by atoms with E-state index in [-0.39, 0.29) is 0 Å². The molecule has 3 aromatic carbocycles. The Morgan fingerprint density at radius 1 is 0.706 bits per heavy atom. The first-order valence-electron chi connectivity index (χ1n) is 11.2. The van der Waals surface area contributed by atoms with Gasteiger partial charge in [-0.05, 0) is 43.3 Å². The van der Waals surface area contributed by atoms with Crippen molar-refractivity contribution in [1.29, 1.82) is 0 Å². The second-order valence-electron chi connectivity index (χ2n) is 8.67. The van der Waals surface area contributed by atoms with Crippen molar-refractivity contribution in [3.05, 3.63) is 84.7 Å². The Balaban J connectivity index is 1.41. The second kappa shape index (κ2) is 6.43. The highest BCUT2D eigenvalue weighted by Gasteiger charge is 2.18. The topological polar surface area (TPSA) is 52.1 Å². The molecule has 0 radical (unpaired) electrons. The summed E-state index contributed by atoms with van der Waals surface area (Å²) in [5.74, 6) is 0. The summed E-state index contributed by atoms with van der Waals surface area (Å²) in [4.78, 5) is 9.40. The summed E-state index contributed by atoms with van der Waals surface area (Å²) in [7, 11) is 0. The molecule has 0 aliphatic heterocycles. The van der Waals surface area contributed by atoms with E-state index in [0.717, 1.165) is 55.2 Å². The molecular formula is C29H16N2O2S. The summed E-state index contributed by atoms with van der Waals surface area (Å²) in [5.41, 5.74) is 5.88. The van der Waals surface area contributed by atoms with Gasteiger partial charge in [-0.2, -0.15) is 0 Å². The van der Waals surface area contributed by atoms with E-state index in [1.807, 2.05) is 37.4 Å². The summed E-state index contributed by atoms with van der Waals surface area (Å²) < 4.78 is 15.2. The maximum absolute atomic E-state index is 6.50. The summed E-state index contributed by atoms with van der Waals surface area (Å²) in [6, 6.07) is 25.1. The highest BCUT2D eigenvalue weighted by molar-refractivity contribution is 7.26. The lowest BCUT2D eigenvalue weighted by Gasteiger charge is -2.01. The molecule has 8 rings (SSSR count). The third-order valence-electron chi connectivity index (χ3n) is 6.64. The molecule has 5 heterocycles. The van der Waals surface area contributed by atoms with Gasteiger partial charge in [0.05, 0.1) is 5.69 Å². The predicted octanol–water partition coefficient (Wildman–Crippen LogP) is 8.62. The molecule has 0 unspecified atom stereocenters. The fourth-order valence-corrected chi connectivity index (χ4v) is 6.16. The summed E-state index contributed by atoms with van der Waals surface area (Å²) in [6.07, 6.45) is 1.92. The molecule has 0 amide bonds. The molecule has 0 saturated heterocycles. The number of hydrogen-bond donors (Lipinski definition) is 0. The molecule has 8 aromatic rings. The van der Waals surface area contributed by atoms with Crippen molar-refractivity contribution in [2.45, 2.75) is 6.92 Å². The summed E-state index contributed by atoms with van der Waals surface area (Å²) >= 11 is 1.80. The molecule has 0 N–H and O–H groups in total. The molecule has 5 heteroatoms. The van der Waals surface area contributed by atoms with Crippen molar-refractivity contribution in [1.82, 2.24) is 9.97 Å². The monoisotopic (exact) mass is 456 g/mol. The van der Waals surface area contributed by atoms with Crippen LogP contribution >= 0.6 is 11.3 Å². The molecular weight excluding hydrogens is 440 g/mol. The Labute approximate surface area is 197 Å². The van der Waals surface area contributed by atoms with Crippen LogP contribution in [0.5, 0.6) is 0 Å². The fraction of sp³-hybridized carbons (Fsp3) is 0.0345. The highest BCUT2D eigenvalue weighted by atomic mass is 32.1. The van der Waals surface area contributed by atoms with Crippen molar-refractivity contribution in [2.75, 3.05) is 0 Å². The van der Waals surface area contributed by atoms with Crippen LogP contribution in [0.25, 0.3) is 75.4 Å². The number of benzene rings is 3. The number of thiophene rings is 1. The van der Waals surface area contributed by atoms with Gasteiger partial charge in [0.1, 0.15) is 16.7 Å². The van der Waals surface area contributed by atoms with Crippen LogP contribution in [0.15, 0.2) is 87.8 Å². The molecule has 4 nitrogen and oxygen atoms in total. The zero-order valence-corrected chi connectivity index (χ0v) is 18.9. The van der Waals surface area contributed by atoms with E-state index in [1.165, 1.54) is 20.2 Å². The quantitative estimate of drug-likeness (QED) is 0.248. The fourth-order valence-electron chi connectivity index (χ4n) is 5.06. The number of fused-ring (bicyclic) bond motifs is 10. The minimum absolute atomic E-state index is 0.652. The Kier molecular flexibility index (Phi) is 3.45. The summed E-state index contributed by atoms with van der Waals surface area (Å²) in [6.45, 7) is 1.97. The average molecular weight is 457 g/mol. The second-order valence-corrected chi connectivity index (χ2v) is 9.75. The van der Waals surface area contributed by atoms with Crippen molar-refractivity contribution in [2.24, 2.45) is 0 Å². The molecule has 0 bridgehead atoms. The summed E-state index contributed by atoms with van der Waals surface area (Å²) in [5, 5.41) is 6.57. The van der Waals surface area contributed by atoms with Gasteiger partial charge < -0.3 is 8.83 Å². The first-order valence-corrected chi connectivity index (χ1v) is 12.0. The molecule has 0 atom stereocenters. The normalized spacial score (nSPS) is 12.3. The number of nitrogens with zero attached hydrogens (tertiary/aromatic N) is 2. The predicted molar refractivity (Wildman–Crippen MR) is 140 cm³/mol. The van der Waals surface area contributed by atoms with Gasteiger partial charge in [0.2, 0.25) is 5.71 Å². The number of furan rings is 2. The van der Waals surface area contributed by atoms with Gasteiger partial charge in [0.25, 0.3) is 0 Å². The van der Waals surface area contributed by atoms with E-state index in [0.29, 0.717) is 5.71 Å². The minimum Gasteiger partial charge on any atom is -0.455 e. The van der Waals surface area contributed by atoms with Crippen LogP contribution in [-0.4, -0.2) is 9.97 Å². The van der Waals surface area contributed by atoms with Crippen LogP contribution in [-0.2, 0) is 0 Å². The van der Waals surface area contributed by atoms with Gasteiger partial charge in [-0.25, -0.2) is 4.98 Å². The molecule has 160 valence electrons. The average Bonchev–Trinajstić information content (AvgIpc) is 3.53. The third-order valence-corrected chi connectivity index (χ3v) is 7.78. The first kappa shape index (κ1) is 18.2. The van der Waals surface area contributed by atoms with Crippen LogP contribution < -0.4 is 0 Å². The number of pyridine rings is 2. The number of aryl methyl sites for hydroxylation is 1. The molecule has 0 fully saturated rings. The first-order chi connectivity index (χ1) is 16.7. The lowest BCUT2D eigenvalue weighted by atomic mass is 10.1. The molecule has 34 heavy (non-hydrogen) atoms. The number of hydrogen-bond acceptors (Lipinski definition) is 5. The van der Waals surface area contributed by atoms with Gasteiger partial charge in [-0.15, -0.1) is 11.3 Å². The van der Waals surface area contributed by atoms with E-state index >= 15 is 0 Å². The van der Waals surface area contributed by atoms with Crippen molar-refractivity contribution in [3.8, 4) is 11.3 Å². The molecule has 0 aliphatic carbocycles. The van der Waals surface area contributed by atoms with Gasteiger partial charge in [-0.1, -0.05) is 30.3 Å². The van der Waals surface area contributed by atoms with E-state index < -0.39 is 0 Å². The van der Waals surface area contributed by atoms with Gasteiger partial charge in [0, 0.05) is 65.2 Å². The molecule has 0 spiro atoms. The van der Waals surface area contributed by atoms with Crippen LogP contribution in [0.4, 0.5) is 0 Å². The lowest BCUT2D eigenvalue weighted by molar-refractivity contribution is 0.653. The highest BCUT2D eigenvalue weighted by Crippen LogP contribution is 2.42.